The van der Waals surface area contributed by atoms with E-state index in [1.165, 1.54) is 11.3 Å². The van der Waals surface area contributed by atoms with Crippen LogP contribution in [0.1, 0.15) is 30.4 Å². The minimum Gasteiger partial charge on any atom is -0.387 e. The van der Waals surface area contributed by atoms with Crippen molar-refractivity contribution in [2.45, 2.75) is 32.5 Å². The van der Waals surface area contributed by atoms with Crippen molar-refractivity contribution >= 4 is 11.3 Å². The highest BCUT2D eigenvalue weighted by Crippen LogP contribution is 2.31. The summed E-state index contributed by atoms with van der Waals surface area (Å²) >= 11 is 1.47. The van der Waals surface area contributed by atoms with Crippen LogP contribution in [0.15, 0.2) is 11.4 Å². The van der Waals surface area contributed by atoms with Gasteiger partial charge in [0.25, 0.3) is 0 Å². The Bertz CT molecular complexity index is 260. The second kappa shape index (κ2) is 3.17. The number of aliphatic hydroxyl groups excluding tert-OH is 1. The standard InChI is InChI=1S/C9H14O2S/c1-6-4-5-12-7(6)8(10)9(2,3)11/h4-5,8,10-11H,1-3H3. The minimum atomic E-state index is -1.06. The summed E-state index contributed by atoms with van der Waals surface area (Å²) in [7, 11) is 0. The van der Waals surface area contributed by atoms with Crippen LogP contribution in [0.2, 0.25) is 0 Å². The Morgan fingerprint density at radius 3 is 2.42 bits per heavy atom. The highest BCUT2D eigenvalue weighted by Gasteiger charge is 2.27. The molecule has 1 unspecified atom stereocenters. The maximum atomic E-state index is 9.69. The van der Waals surface area contributed by atoms with Gasteiger partial charge in [-0.15, -0.1) is 11.3 Å². The quantitative estimate of drug-likeness (QED) is 0.740. The predicted octanol–water partition coefficient (Wildman–Crippen LogP) is 1.86. The van der Waals surface area contributed by atoms with Crippen LogP contribution < -0.4 is 0 Å². The monoisotopic (exact) mass is 186 g/mol. The molecule has 68 valence electrons. The van der Waals surface area contributed by atoms with E-state index in [0.29, 0.717) is 0 Å². The van der Waals surface area contributed by atoms with E-state index >= 15 is 0 Å². The molecule has 0 bridgehead atoms. The van der Waals surface area contributed by atoms with Crippen molar-refractivity contribution in [3.05, 3.63) is 21.9 Å². The first-order valence-corrected chi connectivity index (χ1v) is 4.75. The fraction of sp³-hybridized carbons (Fsp3) is 0.556. The van der Waals surface area contributed by atoms with Crippen molar-refractivity contribution < 1.29 is 10.2 Å². The van der Waals surface area contributed by atoms with Crippen LogP contribution in [-0.4, -0.2) is 15.8 Å². The van der Waals surface area contributed by atoms with E-state index in [1.54, 1.807) is 13.8 Å². The highest BCUT2D eigenvalue weighted by atomic mass is 32.1. The maximum absolute atomic E-state index is 9.69. The van der Waals surface area contributed by atoms with E-state index in [0.717, 1.165) is 10.4 Å². The molecule has 0 spiro atoms. The van der Waals surface area contributed by atoms with Gasteiger partial charge in [-0.2, -0.15) is 0 Å². The number of aliphatic hydroxyl groups is 2. The van der Waals surface area contributed by atoms with Crippen molar-refractivity contribution in [3.63, 3.8) is 0 Å². The molecule has 0 radical (unpaired) electrons. The molecular weight excluding hydrogens is 172 g/mol. The maximum Gasteiger partial charge on any atom is 0.116 e. The van der Waals surface area contributed by atoms with Gasteiger partial charge in [-0.25, -0.2) is 0 Å². The third-order valence-corrected chi connectivity index (χ3v) is 2.89. The largest absolute Gasteiger partial charge is 0.387 e. The Morgan fingerprint density at radius 1 is 1.50 bits per heavy atom. The molecule has 2 nitrogen and oxygen atoms in total. The molecule has 0 aliphatic rings. The lowest BCUT2D eigenvalue weighted by molar-refractivity contribution is -0.0481. The second-order valence-corrected chi connectivity index (χ2v) is 4.47. The number of aryl methyl sites for hydroxylation is 1. The van der Waals surface area contributed by atoms with Gasteiger partial charge in [-0.3, -0.25) is 0 Å². The van der Waals surface area contributed by atoms with Gasteiger partial charge in [0.15, 0.2) is 0 Å². The molecule has 1 heterocycles. The molecule has 0 fully saturated rings. The number of rotatable bonds is 2. The van der Waals surface area contributed by atoms with Crippen molar-refractivity contribution in [3.8, 4) is 0 Å². The Hall–Kier alpha value is -0.380. The van der Waals surface area contributed by atoms with E-state index in [9.17, 15) is 10.2 Å². The number of thiophene rings is 1. The average Bonchev–Trinajstić information content (AvgIpc) is 2.31. The van der Waals surface area contributed by atoms with Gasteiger partial charge in [0.1, 0.15) is 6.10 Å². The minimum absolute atomic E-state index is 0.780. The second-order valence-electron chi connectivity index (χ2n) is 3.52. The third kappa shape index (κ3) is 1.86. The van der Waals surface area contributed by atoms with Crippen LogP contribution in [0, 0.1) is 6.92 Å². The highest BCUT2D eigenvalue weighted by molar-refractivity contribution is 7.10. The molecule has 1 aromatic heterocycles. The molecule has 0 amide bonds. The SMILES string of the molecule is Cc1ccsc1C(O)C(C)(C)O. The number of hydrogen-bond acceptors (Lipinski definition) is 3. The summed E-state index contributed by atoms with van der Waals surface area (Å²) in [4.78, 5) is 0.850. The van der Waals surface area contributed by atoms with E-state index in [-0.39, 0.29) is 0 Å². The topological polar surface area (TPSA) is 40.5 Å². The van der Waals surface area contributed by atoms with E-state index in [2.05, 4.69) is 0 Å². The van der Waals surface area contributed by atoms with E-state index in [1.807, 2.05) is 18.4 Å². The van der Waals surface area contributed by atoms with Crippen LogP contribution in [0.4, 0.5) is 0 Å². The molecule has 0 aliphatic heterocycles. The third-order valence-electron chi connectivity index (χ3n) is 1.82. The van der Waals surface area contributed by atoms with Crippen molar-refractivity contribution in [2.24, 2.45) is 0 Å². The zero-order chi connectivity index (χ0) is 9.35. The molecule has 2 N–H and O–H groups in total. The van der Waals surface area contributed by atoms with Crippen molar-refractivity contribution in [1.82, 2.24) is 0 Å². The summed E-state index contributed by atoms with van der Waals surface area (Å²) in [6.07, 6.45) is -0.780. The average molecular weight is 186 g/mol. The Labute approximate surface area is 76.5 Å². The summed E-state index contributed by atoms with van der Waals surface area (Å²) in [5, 5.41) is 21.1. The van der Waals surface area contributed by atoms with Crippen molar-refractivity contribution in [1.29, 1.82) is 0 Å². The zero-order valence-corrected chi connectivity index (χ0v) is 8.35. The van der Waals surface area contributed by atoms with Gasteiger partial charge in [0.2, 0.25) is 0 Å². The molecule has 0 saturated carbocycles. The Morgan fingerprint density at radius 2 is 2.08 bits per heavy atom. The zero-order valence-electron chi connectivity index (χ0n) is 7.53. The molecule has 3 heteroatoms. The lowest BCUT2D eigenvalue weighted by Gasteiger charge is -2.24. The van der Waals surface area contributed by atoms with Crippen LogP contribution in [0.25, 0.3) is 0 Å². The van der Waals surface area contributed by atoms with Gasteiger partial charge in [0.05, 0.1) is 5.60 Å². The normalized spacial score (nSPS) is 14.8. The molecule has 0 saturated heterocycles. The van der Waals surface area contributed by atoms with Gasteiger partial charge in [0, 0.05) is 4.88 Å². The molecule has 12 heavy (non-hydrogen) atoms. The first kappa shape index (κ1) is 9.71. The molecule has 1 atom stereocenters. The van der Waals surface area contributed by atoms with Gasteiger partial charge in [-0.05, 0) is 37.8 Å². The summed E-state index contributed by atoms with van der Waals surface area (Å²) in [5.41, 5.74) is -0.0232. The first-order chi connectivity index (χ1) is 5.43. The van der Waals surface area contributed by atoms with Crippen LogP contribution in [0.3, 0.4) is 0 Å². The number of hydrogen-bond donors (Lipinski definition) is 2. The van der Waals surface area contributed by atoms with Gasteiger partial charge < -0.3 is 10.2 Å². The molecule has 1 aromatic rings. The van der Waals surface area contributed by atoms with E-state index < -0.39 is 11.7 Å². The van der Waals surface area contributed by atoms with Crippen LogP contribution in [0.5, 0.6) is 0 Å². The summed E-state index contributed by atoms with van der Waals surface area (Å²) in [6, 6.07) is 1.94. The summed E-state index contributed by atoms with van der Waals surface area (Å²) in [6.45, 7) is 5.15. The summed E-state index contributed by atoms with van der Waals surface area (Å²) in [5.74, 6) is 0. The molecular formula is C9H14O2S. The molecule has 1 rings (SSSR count). The van der Waals surface area contributed by atoms with Crippen molar-refractivity contribution in [2.75, 3.05) is 0 Å². The lowest BCUT2D eigenvalue weighted by Crippen LogP contribution is -2.28. The van der Waals surface area contributed by atoms with Crippen LogP contribution >= 0.6 is 11.3 Å². The fourth-order valence-electron chi connectivity index (χ4n) is 0.985. The fourth-order valence-corrected chi connectivity index (χ4v) is 2.08. The Balaban J connectivity index is 2.92. The summed E-state index contributed by atoms with van der Waals surface area (Å²) < 4.78 is 0. The lowest BCUT2D eigenvalue weighted by atomic mass is 9.99. The van der Waals surface area contributed by atoms with Crippen LogP contribution in [-0.2, 0) is 0 Å². The Kier molecular flexibility index (Phi) is 2.56. The predicted molar refractivity (Wildman–Crippen MR) is 50.3 cm³/mol. The van der Waals surface area contributed by atoms with E-state index in [4.69, 9.17) is 0 Å². The first-order valence-electron chi connectivity index (χ1n) is 3.87. The molecule has 0 aromatic carbocycles. The van der Waals surface area contributed by atoms with Gasteiger partial charge >= 0.3 is 0 Å². The molecule has 0 aliphatic carbocycles. The smallest absolute Gasteiger partial charge is 0.116 e. The van der Waals surface area contributed by atoms with Gasteiger partial charge in [-0.1, -0.05) is 0 Å².